The molecule has 0 aliphatic rings. The standard InChI is InChI=1S/C31H48O2Si/c1-24(20-26(3)22-28(5)32)19-25(2)21-27(4)23-33-34(31(6,7)8,29-15-11-9-12-16-29)30-17-13-10-14-18-30/h9-18,24-27H,19-23H2,1-8H3/t24-,25+,26+,27+/m1/s1. The van der Waals surface area contributed by atoms with E-state index in [0.717, 1.165) is 13.0 Å². The molecular weight excluding hydrogens is 432 g/mol. The minimum absolute atomic E-state index is 0.0163. The Kier molecular flexibility index (Phi) is 10.8. The molecule has 0 aromatic heterocycles. The zero-order valence-corrected chi connectivity index (χ0v) is 23.9. The second-order valence-corrected chi connectivity index (χ2v) is 16.3. The Balaban J connectivity index is 2.11. The molecule has 188 valence electrons. The van der Waals surface area contributed by atoms with Gasteiger partial charge < -0.3 is 9.22 Å². The van der Waals surface area contributed by atoms with Gasteiger partial charge in [-0.1, -0.05) is 109 Å². The van der Waals surface area contributed by atoms with Gasteiger partial charge in [0.05, 0.1) is 0 Å². The van der Waals surface area contributed by atoms with Gasteiger partial charge in [0, 0.05) is 13.0 Å². The van der Waals surface area contributed by atoms with Gasteiger partial charge in [0.15, 0.2) is 0 Å². The number of rotatable bonds is 13. The normalized spacial score (nSPS) is 16.0. The van der Waals surface area contributed by atoms with Gasteiger partial charge in [-0.25, -0.2) is 0 Å². The third kappa shape index (κ3) is 7.92. The third-order valence-corrected chi connectivity index (χ3v) is 12.1. The van der Waals surface area contributed by atoms with E-state index >= 15 is 0 Å². The van der Waals surface area contributed by atoms with E-state index in [9.17, 15) is 4.79 Å². The largest absolute Gasteiger partial charge is 0.407 e. The second kappa shape index (κ2) is 12.8. The molecule has 3 heteroatoms. The number of carbonyl (C=O) groups is 1. The molecular formula is C31H48O2Si. The third-order valence-electron chi connectivity index (χ3n) is 7.05. The molecule has 0 amide bonds. The summed E-state index contributed by atoms with van der Waals surface area (Å²) in [5, 5.41) is 2.71. The van der Waals surface area contributed by atoms with Crippen LogP contribution in [0.3, 0.4) is 0 Å². The summed E-state index contributed by atoms with van der Waals surface area (Å²) in [6.45, 7) is 18.8. The summed E-state index contributed by atoms with van der Waals surface area (Å²) in [6.07, 6.45) is 4.23. The van der Waals surface area contributed by atoms with Crippen LogP contribution < -0.4 is 10.4 Å². The van der Waals surface area contributed by atoms with Crippen molar-refractivity contribution in [3.63, 3.8) is 0 Å². The highest BCUT2D eigenvalue weighted by molar-refractivity contribution is 6.99. The Morgan fingerprint density at radius 3 is 1.56 bits per heavy atom. The predicted octanol–water partition coefficient (Wildman–Crippen LogP) is 7.26. The first kappa shape index (κ1) is 28.5. The van der Waals surface area contributed by atoms with Gasteiger partial charge in [0.1, 0.15) is 5.78 Å². The number of hydrogen-bond acceptors (Lipinski definition) is 2. The molecule has 0 heterocycles. The Bertz CT molecular complexity index is 817. The summed E-state index contributed by atoms with van der Waals surface area (Å²) >= 11 is 0. The first-order valence-corrected chi connectivity index (χ1v) is 15.1. The Morgan fingerprint density at radius 1 is 0.735 bits per heavy atom. The highest BCUT2D eigenvalue weighted by Gasteiger charge is 2.50. The van der Waals surface area contributed by atoms with Gasteiger partial charge in [-0.2, -0.15) is 0 Å². The maximum Gasteiger partial charge on any atom is 0.261 e. The molecule has 0 saturated heterocycles. The van der Waals surface area contributed by atoms with Crippen LogP contribution in [0.1, 0.15) is 81.1 Å². The average Bonchev–Trinajstić information content (AvgIpc) is 2.73. The summed E-state index contributed by atoms with van der Waals surface area (Å²) in [5.41, 5.74) is 0. The van der Waals surface area contributed by atoms with Crippen LogP contribution in [0.2, 0.25) is 5.04 Å². The topological polar surface area (TPSA) is 26.3 Å². The van der Waals surface area contributed by atoms with Crippen molar-refractivity contribution < 1.29 is 9.22 Å². The number of hydrogen-bond donors (Lipinski definition) is 0. The molecule has 0 fully saturated rings. The predicted molar refractivity (Wildman–Crippen MR) is 149 cm³/mol. The van der Waals surface area contributed by atoms with Gasteiger partial charge in [-0.05, 0) is 65.3 Å². The minimum atomic E-state index is -2.46. The lowest BCUT2D eigenvalue weighted by molar-refractivity contribution is -0.117. The van der Waals surface area contributed by atoms with Gasteiger partial charge in [0.25, 0.3) is 8.32 Å². The van der Waals surface area contributed by atoms with Crippen molar-refractivity contribution in [2.75, 3.05) is 6.61 Å². The summed E-state index contributed by atoms with van der Waals surface area (Å²) in [4.78, 5) is 11.4. The van der Waals surface area contributed by atoms with Gasteiger partial charge >= 0.3 is 0 Å². The molecule has 0 radical (unpaired) electrons. The summed E-state index contributed by atoms with van der Waals surface area (Å²) in [6, 6.07) is 21.8. The fourth-order valence-electron chi connectivity index (χ4n) is 5.92. The van der Waals surface area contributed by atoms with Crippen molar-refractivity contribution in [1.29, 1.82) is 0 Å². The first-order chi connectivity index (χ1) is 16.0. The zero-order chi connectivity index (χ0) is 25.4. The maximum absolute atomic E-state index is 11.4. The van der Waals surface area contributed by atoms with Crippen LogP contribution in [0.15, 0.2) is 60.7 Å². The van der Waals surface area contributed by atoms with Crippen LogP contribution in [0, 0.1) is 23.7 Å². The zero-order valence-electron chi connectivity index (χ0n) is 22.9. The minimum Gasteiger partial charge on any atom is -0.407 e. The fraction of sp³-hybridized carbons (Fsp3) is 0.581. The highest BCUT2D eigenvalue weighted by atomic mass is 28.4. The summed E-state index contributed by atoms with van der Waals surface area (Å²) in [7, 11) is -2.46. The first-order valence-electron chi connectivity index (χ1n) is 13.2. The van der Waals surface area contributed by atoms with Crippen LogP contribution in [0.4, 0.5) is 0 Å². The van der Waals surface area contributed by atoms with Crippen molar-refractivity contribution in [3.05, 3.63) is 60.7 Å². The average molecular weight is 481 g/mol. The Labute approximate surface area is 210 Å². The Morgan fingerprint density at radius 2 is 1.15 bits per heavy atom. The van der Waals surface area contributed by atoms with Crippen molar-refractivity contribution in [2.24, 2.45) is 23.7 Å². The van der Waals surface area contributed by atoms with Gasteiger partial charge in [-0.15, -0.1) is 0 Å². The van der Waals surface area contributed by atoms with Gasteiger partial charge in [0.2, 0.25) is 0 Å². The van der Waals surface area contributed by atoms with Crippen LogP contribution in [-0.4, -0.2) is 20.7 Å². The molecule has 2 rings (SSSR count). The maximum atomic E-state index is 11.4. The van der Waals surface area contributed by atoms with Crippen LogP contribution in [0.5, 0.6) is 0 Å². The molecule has 0 unspecified atom stereocenters. The molecule has 0 N–H and O–H groups in total. The molecule has 0 aliphatic carbocycles. The molecule has 4 atom stereocenters. The highest BCUT2D eigenvalue weighted by Crippen LogP contribution is 2.37. The van der Waals surface area contributed by atoms with Crippen LogP contribution >= 0.6 is 0 Å². The lowest BCUT2D eigenvalue weighted by Gasteiger charge is -2.43. The number of carbonyl (C=O) groups excluding carboxylic acids is 1. The van der Waals surface area contributed by atoms with Crippen molar-refractivity contribution in [1.82, 2.24) is 0 Å². The molecule has 34 heavy (non-hydrogen) atoms. The van der Waals surface area contributed by atoms with Crippen molar-refractivity contribution in [2.45, 2.75) is 86.1 Å². The van der Waals surface area contributed by atoms with E-state index in [4.69, 9.17) is 4.43 Å². The van der Waals surface area contributed by atoms with E-state index < -0.39 is 8.32 Å². The molecule has 2 nitrogen and oxygen atoms in total. The smallest absolute Gasteiger partial charge is 0.261 e. The molecule has 0 spiro atoms. The van der Waals surface area contributed by atoms with Gasteiger partial charge in [-0.3, -0.25) is 0 Å². The monoisotopic (exact) mass is 480 g/mol. The summed E-state index contributed by atoms with van der Waals surface area (Å²) < 4.78 is 7.14. The van der Waals surface area contributed by atoms with Crippen molar-refractivity contribution >= 4 is 24.5 Å². The second-order valence-electron chi connectivity index (χ2n) is 12.0. The van der Waals surface area contributed by atoms with Crippen LogP contribution in [0.25, 0.3) is 0 Å². The fourth-order valence-corrected chi connectivity index (χ4v) is 10.6. The molecule has 0 saturated carbocycles. The number of ketones is 1. The molecule has 2 aromatic carbocycles. The van der Waals surface area contributed by atoms with Crippen molar-refractivity contribution in [3.8, 4) is 0 Å². The quantitative estimate of drug-likeness (QED) is 0.282. The molecule has 0 aliphatic heterocycles. The van der Waals surface area contributed by atoms with E-state index in [1.807, 2.05) is 0 Å². The number of Topliss-reactive ketones (excluding diaryl/α,β-unsaturated/α-hetero) is 1. The lowest BCUT2D eigenvalue weighted by atomic mass is 9.85. The number of benzene rings is 2. The SMILES string of the molecule is CC(=O)C[C@@H](C)C[C@H](C)C[C@H](C)C[C@H](C)CO[Si](c1ccccc1)(c1ccccc1)C(C)(C)C. The Hall–Kier alpha value is -1.71. The van der Waals surface area contributed by atoms with E-state index in [2.05, 4.69) is 109 Å². The molecule has 2 aromatic rings. The van der Waals surface area contributed by atoms with E-state index in [1.54, 1.807) is 6.92 Å². The van der Waals surface area contributed by atoms with E-state index in [0.29, 0.717) is 35.9 Å². The van der Waals surface area contributed by atoms with E-state index in [1.165, 1.54) is 23.2 Å². The van der Waals surface area contributed by atoms with Crippen LogP contribution in [-0.2, 0) is 9.22 Å². The summed E-state index contributed by atoms with van der Waals surface area (Å²) in [5.74, 6) is 2.59. The van der Waals surface area contributed by atoms with E-state index in [-0.39, 0.29) is 5.04 Å². The lowest BCUT2D eigenvalue weighted by Crippen LogP contribution is -2.66. The molecule has 0 bridgehead atoms.